The topological polar surface area (TPSA) is 15.3 Å². The van der Waals surface area contributed by atoms with E-state index in [9.17, 15) is 0 Å². The molecule has 0 amide bonds. The van der Waals surface area contributed by atoms with Crippen molar-refractivity contribution in [1.82, 2.24) is 10.2 Å². The van der Waals surface area contributed by atoms with Crippen molar-refractivity contribution in [3.63, 3.8) is 0 Å². The molecule has 1 saturated carbocycles. The van der Waals surface area contributed by atoms with Gasteiger partial charge in [-0.1, -0.05) is 39.5 Å². The van der Waals surface area contributed by atoms with E-state index < -0.39 is 0 Å². The highest BCUT2D eigenvalue weighted by Crippen LogP contribution is 2.30. The zero-order chi connectivity index (χ0) is 14.4. The lowest BCUT2D eigenvalue weighted by molar-refractivity contribution is 0.155. The minimum absolute atomic E-state index is 0.701. The molecule has 1 N–H and O–H groups in total. The van der Waals surface area contributed by atoms with Crippen molar-refractivity contribution in [2.24, 2.45) is 17.8 Å². The van der Waals surface area contributed by atoms with Gasteiger partial charge in [0.15, 0.2) is 0 Å². The minimum Gasteiger partial charge on any atom is -0.314 e. The summed E-state index contributed by atoms with van der Waals surface area (Å²) >= 11 is 0. The second-order valence-electron chi connectivity index (χ2n) is 7.45. The largest absolute Gasteiger partial charge is 0.314 e. The predicted octanol–water partition coefficient (Wildman–Crippen LogP) is 3.91. The number of nitrogens with one attached hydrogen (secondary N) is 1. The fraction of sp³-hybridized carbons (Fsp3) is 1.00. The molecular formula is C18H36N2. The molecule has 2 nitrogen and oxygen atoms in total. The second-order valence-corrected chi connectivity index (χ2v) is 7.45. The summed E-state index contributed by atoms with van der Waals surface area (Å²) in [6.07, 6.45) is 10.1. The molecule has 2 unspecified atom stereocenters. The van der Waals surface area contributed by atoms with E-state index in [-0.39, 0.29) is 0 Å². The standard InChI is InChI=1S/C18H36N2/c1-4-20-13-5-6-18(14-20)16(3)19-12-11-17-9-7-15(2)8-10-17/h15-19H,4-14H2,1-3H3. The summed E-state index contributed by atoms with van der Waals surface area (Å²) in [6, 6.07) is 0.701. The van der Waals surface area contributed by atoms with Crippen LogP contribution in [0.3, 0.4) is 0 Å². The van der Waals surface area contributed by atoms with Gasteiger partial charge in [-0.15, -0.1) is 0 Å². The Kier molecular flexibility index (Phi) is 6.83. The number of rotatable bonds is 6. The Morgan fingerprint density at radius 2 is 1.90 bits per heavy atom. The lowest BCUT2D eigenvalue weighted by Crippen LogP contribution is -2.44. The highest BCUT2D eigenvalue weighted by Gasteiger charge is 2.24. The lowest BCUT2D eigenvalue weighted by Gasteiger charge is -2.36. The van der Waals surface area contributed by atoms with Gasteiger partial charge in [-0.2, -0.15) is 0 Å². The van der Waals surface area contributed by atoms with Gasteiger partial charge in [-0.05, 0) is 63.6 Å². The van der Waals surface area contributed by atoms with Crippen LogP contribution in [-0.2, 0) is 0 Å². The molecular weight excluding hydrogens is 244 g/mol. The van der Waals surface area contributed by atoms with E-state index in [0.717, 1.165) is 17.8 Å². The Morgan fingerprint density at radius 3 is 2.60 bits per heavy atom. The Balaban J connectivity index is 1.61. The van der Waals surface area contributed by atoms with Crippen LogP contribution in [0.4, 0.5) is 0 Å². The molecule has 2 aliphatic rings. The third kappa shape index (κ3) is 5.04. The van der Waals surface area contributed by atoms with E-state index in [1.165, 1.54) is 71.1 Å². The summed E-state index contributed by atoms with van der Waals surface area (Å²) in [7, 11) is 0. The van der Waals surface area contributed by atoms with Gasteiger partial charge in [-0.3, -0.25) is 0 Å². The predicted molar refractivity (Wildman–Crippen MR) is 88.0 cm³/mol. The van der Waals surface area contributed by atoms with Crippen LogP contribution >= 0.6 is 0 Å². The third-order valence-corrected chi connectivity index (χ3v) is 5.85. The van der Waals surface area contributed by atoms with Crippen molar-refractivity contribution in [3.05, 3.63) is 0 Å². The van der Waals surface area contributed by atoms with Crippen molar-refractivity contribution in [2.75, 3.05) is 26.2 Å². The molecule has 2 fully saturated rings. The average molecular weight is 280 g/mol. The maximum absolute atomic E-state index is 3.83. The summed E-state index contributed by atoms with van der Waals surface area (Å²) < 4.78 is 0. The summed E-state index contributed by atoms with van der Waals surface area (Å²) in [6.45, 7) is 12.2. The fourth-order valence-electron chi connectivity index (χ4n) is 4.09. The van der Waals surface area contributed by atoms with Crippen LogP contribution in [0.1, 0.15) is 65.7 Å². The monoisotopic (exact) mass is 280 g/mol. The fourth-order valence-corrected chi connectivity index (χ4v) is 4.09. The number of piperidine rings is 1. The van der Waals surface area contributed by atoms with Gasteiger partial charge in [0.25, 0.3) is 0 Å². The zero-order valence-electron chi connectivity index (χ0n) is 14.0. The van der Waals surface area contributed by atoms with Gasteiger partial charge in [-0.25, -0.2) is 0 Å². The van der Waals surface area contributed by atoms with E-state index in [4.69, 9.17) is 0 Å². The van der Waals surface area contributed by atoms with Crippen LogP contribution in [0.25, 0.3) is 0 Å². The Hall–Kier alpha value is -0.0800. The van der Waals surface area contributed by atoms with E-state index in [1.807, 2.05) is 0 Å². The van der Waals surface area contributed by atoms with E-state index in [1.54, 1.807) is 0 Å². The smallest absolute Gasteiger partial charge is 0.00792 e. The first-order chi connectivity index (χ1) is 9.69. The quantitative estimate of drug-likeness (QED) is 0.793. The van der Waals surface area contributed by atoms with Gasteiger partial charge in [0.05, 0.1) is 0 Å². The van der Waals surface area contributed by atoms with Crippen LogP contribution < -0.4 is 5.32 Å². The first kappa shape index (κ1) is 16.3. The molecule has 1 aliphatic carbocycles. The van der Waals surface area contributed by atoms with Crippen LogP contribution in [0, 0.1) is 17.8 Å². The van der Waals surface area contributed by atoms with Crippen LogP contribution in [-0.4, -0.2) is 37.1 Å². The molecule has 118 valence electrons. The maximum atomic E-state index is 3.83. The van der Waals surface area contributed by atoms with Gasteiger partial charge < -0.3 is 10.2 Å². The number of nitrogens with zero attached hydrogens (tertiary/aromatic N) is 1. The maximum Gasteiger partial charge on any atom is 0.00792 e. The second kappa shape index (κ2) is 8.38. The molecule has 0 radical (unpaired) electrons. The lowest BCUT2D eigenvalue weighted by atomic mass is 9.81. The summed E-state index contributed by atoms with van der Waals surface area (Å²) in [5.74, 6) is 2.86. The van der Waals surface area contributed by atoms with Crippen molar-refractivity contribution in [3.8, 4) is 0 Å². The number of hydrogen-bond donors (Lipinski definition) is 1. The molecule has 2 atom stereocenters. The van der Waals surface area contributed by atoms with Crippen LogP contribution in [0.15, 0.2) is 0 Å². The molecule has 20 heavy (non-hydrogen) atoms. The van der Waals surface area contributed by atoms with Crippen molar-refractivity contribution in [2.45, 2.75) is 71.8 Å². The van der Waals surface area contributed by atoms with Crippen molar-refractivity contribution in [1.29, 1.82) is 0 Å². The SMILES string of the molecule is CCN1CCCC(C(C)NCCC2CCC(C)CC2)C1. The van der Waals surface area contributed by atoms with Gasteiger partial charge >= 0.3 is 0 Å². The minimum atomic E-state index is 0.701. The van der Waals surface area contributed by atoms with E-state index in [2.05, 4.69) is 31.0 Å². The number of hydrogen-bond acceptors (Lipinski definition) is 2. The summed E-state index contributed by atoms with van der Waals surface area (Å²) in [4.78, 5) is 2.62. The molecule has 0 aromatic heterocycles. The Morgan fingerprint density at radius 1 is 1.15 bits per heavy atom. The Bertz CT molecular complexity index is 258. The van der Waals surface area contributed by atoms with E-state index in [0.29, 0.717) is 6.04 Å². The Labute approximate surface area is 126 Å². The highest BCUT2D eigenvalue weighted by molar-refractivity contribution is 4.80. The molecule has 0 bridgehead atoms. The first-order valence-corrected chi connectivity index (χ1v) is 9.14. The average Bonchev–Trinajstić information content (AvgIpc) is 2.49. The first-order valence-electron chi connectivity index (χ1n) is 9.14. The van der Waals surface area contributed by atoms with Crippen LogP contribution in [0.5, 0.6) is 0 Å². The normalized spacial score (nSPS) is 34.0. The third-order valence-electron chi connectivity index (χ3n) is 5.85. The zero-order valence-corrected chi connectivity index (χ0v) is 14.0. The molecule has 1 saturated heterocycles. The van der Waals surface area contributed by atoms with Crippen LogP contribution in [0.2, 0.25) is 0 Å². The van der Waals surface area contributed by atoms with Gasteiger partial charge in [0.2, 0.25) is 0 Å². The molecule has 1 heterocycles. The molecule has 1 aliphatic heterocycles. The van der Waals surface area contributed by atoms with Crippen molar-refractivity contribution >= 4 is 0 Å². The van der Waals surface area contributed by atoms with Gasteiger partial charge in [0, 0.05) is 12.6 Å². The highest BCUT2D eigenvalue weighted by atomic mass is 15.1. The summed E-state index contributed by atoms with van der Waals surface area (Å²) in [5, 5.41) is 3.83. The van der Waals surface area contributed by atoms with Crippen molar-refractivity contribution < 1.29 is 0 Å². The molecule has 0 aromatic carbocycles. The van der Waals surface area contributed by atoms with E-state index >= 15 is 0 Å². The molecule has 0 aromatic rings. The molecule has 0 spiro atoms. The number of likely N-dealkylation sites (tertiary alicyclic amines) is 1. The molecule has 2 rings (SSSR count). The molecule has 2 heteroatoms. The van der Waals surface area contributed by atoms with Gasteiger partial charge in [0.1, 0.15) is 0 Å². The summed E-state index contributed by atoms with van der Waals surface area (Å²) in [5.41, 5.74) is 0.